The fourth-order valence-electron chi connectivity index (χ4n) is 2.48. The molecule has 5 nitrogen and oxygen atoms in total. The Morgan fingerprint density at radius 1 is 1.29 bits per heavy atom. The van der Waals surface area contributed by atoms with Crippen molar-refractivity contribution in [3.8, 4) is 0 Å². The number of nitrogen functional groups attached to an aromatic ring is 2. The quantitative estimate of drug-likeness (QED) is 0.813. The van der Waals surface area contributed by atoms with Crippen LogP contribution in [0.5, 0.6) is 0 Å². The molecule has 94 valence electrons. The summed E-state index contributed by atoms with van der Waals surface area (Å²) in [4.78, 5) is 2.46. The van der Waals surface area contributed by atoms with E-state index in [2.05, 4.69) is 28.9 Å². The van der Waals surface area contributed by atoms with Crippen molar-refractivity contribution in [2.45, 2.75) is 45.2 Å². The Balaban J connectivity index is 2.26. The van der Waals surface area contributed by atoms with Crippen molar-refractivity contribution in [1.82, 2.24) is 15.1 Å². The summed E-state index contributed by atoms with van der Waals surface area (Å²) in [5, 5.41) is 8.12. The maximum atomic E-state index is 5.80. The Bertz CT molecular complexity index is 390. The van der Waals surface area contributed by atoms with E-state index >= 15 is 0 Å². The molecule has 0 bridgehead atoms. The zero-order valence-electron chi connectivity index (χ0n) is 10.6. The van der Waals surface area contributed by atoms with Crippen LogP contribution in [-0.4, -0.2) is 27.7 Å². The molecule has 0 aromatic carbocycles. The van der Waals surface area contributed by atoms with Crippen LogP contribution in [0.2, 0.25) is 0 Å². The number of nitrogens with two attached hydrogens (primary N) is 2. The molecule has 1 aromatic heterocycles. The van der Waals surface area contributed by atoms with Gasteiger partial charge in [0.2, 0.25) is 0 Å². The van der Waals surface area contributed by atoms with Gasteiger partial charge in [0.15, 0.2) is 5.82 Å². The average molecular weight is 235 g/mol. The van der Waals surface area contributed by atoms with Crippen LogP contribution in [0.25, 0.3) is 0 Å². The molecule has 1 saturated heterocycles. The van der Waals surface area contributed by atoms with E-state index in [0.29, 0.717) is 23.6 Å². The highest BCUT2D eigenvalue weighted by molar-refractivity contribution is 5.57. The first-order valence-electron chi connectivity index (χ1n) is 6.24. The smallest absolute Gasteiger partial charge is 0.169 e. The first-order chi connectivity index (χ1) is 8.09. The maximum Gasteiger partial charge on any atom is 0.169 e. The minimum Gasteiger partial charge on any atom is -0.396 e. The Labute approximate surface area is 102 Å². The number of hydrogen-bond donors (Lipinski definition) is 2. The lowest BCUT2D eigenvalue weighted by atomic mass is 9.97. The summed E-state index contributed by atoms with van der Waals surface area (Å²) in [7, 11) is 0. The number of piperidine rings is 1. The molecule has 0 saturated carbocycles. The molecule has 2 heterocycles. The number of rotatable bonds is 2. The van der Waals surface area contributed by atoms with Gasteiger partial charge in [-0.25, -0.2) is 0 Å². The van der Waals surface area contributed by atoms with E-state index in [9.17, 15) is 0 Å². The molecule has 0 aliphatic carbocycles. The molecule has 0 amide bonds. The lowest BCUT2D eigenvalue weighted by Gasteiger charge is -2.38. The molecule has 0 radical (unpaired) electrons. The summed E-state index contributed by atoms with van der Waals surface area (Å²) in [6, 6.07) is 2.72. The van der Waals surface area contributed by atoms with E-state index in [1.54, 1.807) is 0 Å². The van der Waals surface area contributed by atoms with Gasteiger partial charge in [0.1, 0.15) is 0 Å². The van der Waals surface area contributed by atoms with Crippen molar-refractivity contribution in [3.05, 3.63) is 11.8 Å². The fourth-order valence-corrected chi connectivity index (χ4v) is 2.48. The van der Waals surface area contributed by atoms with Gasteiger partial charge in [0.25, 0.3) is 0 Å². The van der Waals surface area contributed by atoms with Crippen molar-refractivity contribution in [2.75, 3.05) is 18.0 Å². The summed E-state index contributed by atoms with van der Waals surface area (Å²) < 4.78 is 0. The lowest BCUT2D eigenvalue weighted by Crippen LogP contribution is -2.39. The second-order valence-corrected chi connectivity index (χ2v) is 4.95. The Kier molecular flexibility index (Phi) is 3.47. The first-order valence-corrected chi connectivity index (χ1v) is 6.24. The third-order valence-corrected chi connectivity index (χ3v) is 3.42. The van der Waals surface area contributed by atoms with Gasteiger partial charge in [-0.05, 0) is 39.3 Å². The van der Waals surface area contributed by atoms with Crippen molar-refractivity contribution in [3.63, 3.8) is 0 Å². The van der Waals surface area contributed by atoms with Crippen LogP contribution >= 0.6 is 0 Å². The third-order valence-electron chi connectivity index (χ3n) is 3.42. The molecule has 0 spiro atoms. The van der Waals surface area contributed by atoms with Crippen LogP contribution in [0.3, 0.4) is 0 Å². The summed E-state index contributed by atoms with van der Waals surface area (Å²) in [6.07, 6.45) is 3.61. The van der Waals surface area contributed by atoms with Crippen molar-refractivity contribution >= 4 is 11.5 Å². The standard InChI is InChI=1S/C12H21N5/c1-8(2)17-6-4-3-5-11(17)10-7-9(13)12(14)16-15-10/h7-8,11H,3-6H2,1-2H3,(H2,13,15)(H2,14,16). The van der Waals surface area contributed by atoms with E-state index < -0.39 is 0 Å². The minimum atomic E-state index is 0.320. The second kappa shape index (κ2) is 4.87. The minimum absolute atomic E-state index is 0.320. The summed E-state index contributed by atoms with van der Waals surface area (Å²) in [6.45, 7) is 5.55. The SMILES string of the molecule is CC(C)N1CCCCC1c1cc(N)c(N)nn1. The van der Waals surface area contributed by atoms with Gasteiger partial charge in [-0.1, -0.05) is 6.42 Å². The van der Waals surface area contributed by atoms with Gasteiger partial charge >= 0.3 is 0 Å². The lowest BCUT2D eigenvalue weighted by molar-refractivity contribution is 0.108. The Morgan fingerprint density at radius 3 is 2.71 bits per heavy atom. The molecule has 1 aliphatic heterocycles. The van der Waals surface area contributed by atoms with E-state index in [1.807, 2.05) is 6.07 Å². The van der Waals surface area contributed by atoms with E-state index in [1.165, 1.54) is 12.8 Å². The number of nitrogens with zero attached hydrogens (tertiary/aromatic N) is 3. The summed E-state index contributed by atoms with van der Waals surface area (Å²) in [5.41, 5.74) is 12.9. The highest BCUT2D eigenvalue weighted by atomic mass is 15.2. The molecule has 1 aromatic rings. The van der Waals surface area contributed by atoms with E-state index in [-0.39, 0.29) is 0 Å². The first kappa shape index (κ1) is 12.1. The predicted octanol–water partition coefficient (Wildman–Crippen LogP) is 1.58. The average Bonchev–Trinajstić information content (AvgIpc) is 2.32. The molecule has 2 rings (SSSR count). The number of aromatic nitrogens is 2. The normalized spacial score (nSPS) is 21.9. The number of anilines is 2. The van der Waals surface area contributed by atoms with Gasteiger partial charge in [-0.2, -0.15) is 5.10 Å². The maximum absolute atomic E-state index is 5.80. The van der Waals surface area contributed by atoms with Gasteiger partial charge in [0, 0.05) is 6.04 Å². The second-order valence-electron chi connectivity index (χ2n) is 4.95. The Morgan fingerprint density at radius 2 is 2.06 bits per heavy atom. The van der Waals surface area contributed by atoms with Crippen molar-refractivity contribution in [1.29, 1.82) is 0 Å². The van der Waals surface area contributed by atoms with Crippen LogP contribution in [0.4, 0.5) is 11.5 Å². The van der Waals surface area contributed by atoms with Crippen LogP contribution in [0, 0.1) is 0 Å². The molecular weight excluding hydrogens is 214 g/mol. The van der Waals surface area contributed by atoms with E-state index in [0.717, 1.165) is 18.7 Å². The highest BCUT2D eigenvalue weighted by Gasteiger charge is 2.27. The molecule has 5 heteroatoms. The molecule has 1 aliphatic rings. The summed E-state index contributed by atoms with van der Waals surface area (Å²) in [5.74, 6) is 0.320. The Hall–Kier alpha value is -1.36. The van der Waals surface area contributed by atoms with Crippen LogP contribution < -0.4 is 11.5 Å². The monoisotopic (exact) mass is 235 g/mol. The molecule has 17 heavy (non-hydrogen) atoms. The van der Waals surface area contributed by atoms with E-state index in [4.69, 9.17) is 11.5 Å². The predicted molar refractivity (Wildman–Crippen MR) is 69.3 cm³/mol. The van der Waals surface area contributed by atoms with Crippen LogP contribution in [0.15, 0.2) is 6.07 Å². The molecule has 1 fully saturated rings. The zero-order valence-corrected chi connectivity index (χ0v) is 10.6. The van der Waals surface area contributed by atoms with Gasteiger partial charge in [-0.3, -0.25) is 4.90 Å². The zero-order chi connectivity index (χ0) is 12.4. The number of likely N-dealkylation sites (tertiary alicyclic amines) is 1. The fraction of sp³-hybridized carbons (Fsp3) is 0.667. The van der Waals surface area contributed by atoms with Gasteiger partial charge in [-0.15, -0.1) is 5.10 Å². The highest BCUT2D eigenvalue weighted by Crippen LogP contribution is 2.32. The summed E-state index contributed by atoms with van der Waals surface area (Å²) >= 11 is 0. The van der Waals surface area contributed by atoms with Crippen LogP contribution in [0.1, 0.15) is 44.8 Å². The van der Waals surface area contributed by atoms with Crippen LogP contribution in [-0.2, 0) is 0 Å². The third kappa shape index (κ3) is 2.49. The number of hydrogen-bond acceptors (Lipinski definition) is 5. The molecule has 1 unspecified atom stereocenters. The molecule has 1 atom stereocenters. The van der Waals surface area contributed by atoms with Crippen molar-refractivity contribution in [2.24, 2.45) is 0 Å². The largest absolute Gasteiger partial charge is 0.396 e. The molecule has 4 N–H and O–H groups in total. The topological polar surface area (TPSA) is 81.1 Å². The van der Waals surface area contributed by atoms with Crippen molar-refractivity contribution < 1.29 is 0 Å². The van der Waals surface area contributed by atoms with Gasteiger partial charge < -0.3 is 11.5 Å². The van der Waals surface area contributed by atoms with Gasteiger partial charge in [0.05, 0.1) is 17.4 Å². The molecular formula is C12H21N5.